The molecule has 2 amide bonds. The Hall–Kier alpha value is -2.39. The molecule has 2 saturated heterocycles. The molecule has 0 saturated carbocycles. The maximum absolute atomic E-state index is 12.8. The number of amides is 2. The van der Waals surface area contributed by atoms with E-state index >= 15 is 0 Å². The molecule has 2 aliphatic heterocycles. The lowest BCUT2D eigenvalue weighted by Gasteiger charge is -2.40. The molecule has 2 aliphatic rings. The van der Waals surface area contributed by atoms with Crippen molar-refractivity contribution in [1.82, 2.24) is 4.90 Å². The zero-order valence-corrected chi connectivity index (χ0v) is 13.8. The van der Waals surface area contributed by atoms with Crippen LogP contribution >= 0.6 is 0 Å². The lowest BCUT2D eigenvalue weighted by Crippen LogP contribution is -2.58. The zero-order chi connectivity index (χ0) is 17.2. The van der Waals surface area contributed by atoms with Crippen LogP contribution in [0.25, 0.3) is 0 Å². The molecule has 1 aromatic carbocycles. The molecule has 2 heterocycles. The molecule has 1 atom stereocenters. The number of anilines is 1. The van der Waals surface area contributed by atoms with Gasteiger partial charge in [-0.1, -0.05) is 12.1 Å². The number of hydrogen-bond acceptors (Lipinski definition) is 4. The van der Waals surface area contributed by atoms with Crippen LogP contribution in [0.2, 0.25) is 0 Å². The van der Waals surface area contributed by atoms with Gasteiger partial charge in [-0.3, -0.25) is 9.59 Å². The van der Waals surface area contributed by atoms with Crippen molar-refractivity contribution >= 4 is 17.5 Å². The van der Waals surface area contributed by atoms with E-state index in [4.69, 9.17) is 4.74 Å². The van der Waals surface area contributed by atoms with E-state index in [1.807, 2.05) is 6.92 Å². The summed E-state index contributed by atoms with van der Waals surface area (Å²) in [4.78, 5) is 28.5. The van der Waals surface area contributed by atoms with Gasteiger partial charge in [0, 0.05) is 19.7 Å². The van der Waals surface area contributed by atoms with Gasteiger partial charge in [-0.2, -0.15) is 5.26 Å². The standard InChI is InChI=1S/C18H21N3O3/c1-18(8-4-5-11-24-18)17(23)20-9-10-21(16(22)13-20)15-7-3-2-6-14(15)12-19/h2-3,6-7H,4-5,8-11,13H2,1H3/t18-/m1/s1. The van der Waals surface area contributed by atoms with Crippen molar-refractivity contribution in [3.63, 3.8) is 0 Å². The molecule has 2 fully saturated rings. The largest absolute Gasteiger partial charge is 0.365 e. The number of carbonyl (C=O) groups is 2. The number of carbonyl (C=O) groups excluding carboxylic acids is 2. The smallest absolute Gasteiger partial charge is 0.255 e. The van der Waals surface area contributed by atoms with E-state index in [1.165, 1.54) is 0 Å². The van der Waals surface area contributed by atoms with Gasteiger partial charge in [-0.05, 0) is 38.3 Å². The van der Waals surface area contributed by atoms with Crippen molar-refractivity contribution in [2.45, 2.75) is 31.8 Å². The Morgan fingerprint density at radius 1 is 1.29 bits per heavy atom. The van der Waals surface area contributed by atoms with Crippen LogP contribution in [0.3, 0.4) is 0 Å². The minimum atomic E-state index is -0.814. The second-order valence-electron chi connectivity index (χ2n) is 6.44. The lowest BCUT2D eigenvalue weighted by molar-refractivity contribution is -0.163. The van der Waals surface area contributed by atoms with Gasteiger partial charge in [0.05, 0.1) is 11.3 Å². The normalized spacial score (nSPS) is 24.6. The monoisotopic (exact) mass is 327 g/mol. The van der Waals surface area contributed by atoms with Gasteiger partial charge in [0.25, 0.3) is 5.91 Å². The van der Waals surface area contributed by atoms with E-state index in [9.17, 15) is 14.9 Å². The second-order valence-corrected chi connectivity index (χ2v) is 6.44. The van der Waals surface area contributed by atoms with Gasteiger partial charge >= 0.3 is 0 Å². The van der Waals surface area contributed by atoms with Gasteiger partial charge in [0.2, 0.25) is 5.91 Å². The number of ether oxygens (including phenoxy) is 1. The third kappa shape index (κ3) is 3.00. The van der Waals surface area contributed by atoms with Crippen LogP contribution in [0.4, 0.5) is 5.69 Å². The number of piperazine rings is 1. The molecular weight excluding hydrogens is 306 g/mol. The predicted molar refractivity (Wildman–Crippen MR) is 88.3 cm³/mol. The first-order chi connectivity index (χ1) is 11.5. The van der Waals surface area contributed by atoms with E-state index < -0.39 is 5.60 Å². The molecule has 1 aromatic rings. The summed E-state index contributed by atoms with van der Waals surface area (Å²) in [7, 11) is 0. The fraction of sp³-hybridized carbons (Fsp3) is 0.500. The Morgan fingerprint density at radius 3 is 2.75 bits per heavy atom. The van der Waals surface area contributed by atoms with E-state index in [1.54, 1.807) is 34.1 Å². The van der Waals surface area contributed by atoms with E-state index in [0.29, 0.717) is 37.4 Å². The number of hydrogen-bond donors (Lipinski definition) is 0. The number of nitriles is 1. The number of benzene rings is 1. The highest BCUT2D eigenvalue weighted by molar-refractivity contribution is 5.99. The molecule has 0 radical (unpaired) electrons. The van der Waals surface area contributed by atoms with Crippen LogP contribution in [0.1, 0.15) is 31.7 Å². The molecule has 24 heavy (non-hydrogen) atoms. The molecule has 6 heteroatoms. The quantitative estimate of drug-likeness (QED) is 0.828. The minimum absolute atomic E-state index is 0.0253. The zero-order valence-electron chi connectivity index (χ0n) is 13.8. The molecular formula is C18H21N3O3. The second kappa shape index (κ2) is 6.62. The highest BCUT2D eigenvalue weighted by atomic mass is 16.5. The third-order valence-electron chi connectivity index (χ3n) is 4.74. The number of rotatable bonds is 2. The molecule has 0 spiro atoms. The average Bonchev–Trinajstić information content (AvgIpc) is 2.61. The molecule has 6 nitrogen and oxygen atoms in total. The molecule has 0 N–H and O–H groups in total. The summed E-state index contributed by atoms with van der Waals surface area (Å²) in [6.45, 7) is 3.27. The van der Waals surface area contributed by atoms with Gasteiger partial charge in [-0.15, -0.1) is 0 Å². The molecule has 0 bridgehead atoms. The van der Waals surface area contributed by atoms with Crippen molar-refractivity contribution in [3.05, 3.63) is 29.8 Å². The fourth-order valence-corrected chi connectivity index (χ4v) is 3.34. The van der Waals surface area contributed by atoms with E-state index in [2.05, 4.69) is 6.07 Å². The van der Waals surface area contributed by atoms with Crippen LogP contribution < -0.4 is 4.90 Å². The summed E-state index contributed by atoms with van der Waals surface area (Å²) >= 11 is 0. The minimum Gasteiger partial charge on any atom is -0.365 e. The Labute approximate surface area is 141 Å². The summed E-state index contributed by atoms with van der Waals surface area (Å²) in [5.74, 6) is -0.277. The summed E-state index contributed by atoms with van der Waals surface area (Å²) in [5.41, 5.74) is 0.260. The molecule has 0 aromatic heterocycles. The maximum Gasteiger partial charge on any atom is 0.255 e. The first kappa shape index (κ1) is 16.5. The lowest BCUT2D eigenvalue weighted by atomic mass is 9.94. The first-order valence-corrected chi connectivity index (χ1v) is 8.28. The van der Waals surface area contributed by atoms with Gasteiger partial charge in [-0.25, -0.2) is 0 Å². The average molecular weight is 327 g/mol. The van der Waals surface area contributed by atoms with Gasteiger partial charge in [0.15, 0.2) is 0 Å². The molecule has 0 unspecified atom stereocenters. The third-order valence-corrected chi connectivity index (χ3v) is 4.74. The van der Waals surface area contributed by atoms with Crippen molar-refractivity contribution in [3.8, 4) is 6.07 Å². The Morgan fingerprint density at radius 2 is 2.08 bits per heavy atom. The van der Waals surface area contributed by atoms with Crippen molar-refractivity contribution in [1.29, 1.82) is 5.26 Å². The predicted octanol–water partition coefficient (Wildman–Crippen LogP) is 1.69. The summed E-state index contributed by atoms with van der Waals surface area (Å²) in [6, 6.07) is 9.14. The highest BCUT2D eigenvalue weighted by Crippen LogP contribution is 2.28. The molecule has 0 aliphatic carbocycles. The van der Waals surface area contributed by atoms with Crippen molar-refractivity contribution < 1.29 is 14.3 Å². The number of para-hydroxylation sites is 1. The Balaban J connectivity index is 1.73. The molecule has 3 rings (SSSR count). The summed E-state index contributed by atoms with van der Waals surface area (Å²) in [6.07, 6.45) is 2.63. The van der Waals surface area contributed by atoms with Gasteiger partial charge in [0.1, 0.15) is 18.2 Å². The SMILES string of the molecule is C[C@]1(C(=O)N2CCN(c3ccccc3C#N)C(=O)C2)CCCCO1. The van der Waals surface area contributed by atoms with Crippen LogP contribution in [-0.2, 0) is 14.3 Å². The fourth-order valence-electron chi connectivity index (χ4n) is 3.34. The number of nitrogens with zero attached hydrogens (tertiary/aromatic N) is 3. The Kier molecular flexibility index (Phi) is 4.54. The van der Waals surface area contributed by atoms with Crippen LogP contribution in [0, 0.1) is 11.3 Å². The summed E-state index contributed by atoms with van der Waals surface area (Å²) < 4.78 is 5.70. The highest BCUT2D eigenvalue weighted by Gasteiger charge is 2.41. The van der Waals surface area contributed by atoms with Crippen molar-refractivity contribution in [2.24, 2.45) is 0 Å². The maximum atomic E-state index is 12.8. The van der Waals surface area contributed by atoms with E-state index in [-0.39, 0.29) is 18.4 Å². The van der Waals surface area contributed by atoms with Gasteiger partial charge < -0.3 is 14.5 Å². The van der Waals surface area contributed by atoms with Crippen LogP contribution in [0.5, 0.6) is 0 Å². The first-order valence-electron chi connectivity index (χ1n) is 8.28. The summed E-state index contributed by atoms with van der Waals surface area (Å²) in [5, 5.41) is 9.21. The van der Waals surface area contributed by atoms with Crippen LogP contribution in [0.15, 0.2) is 24.3 Å². The van der Waals surface area contributed by atoms with Crippen molar-refractivity contribution in [2.75, 3.05) is 31.1 Å². The van der Waals surface area contributed by atoms with Crippen LogP contribution in [-0.4, -0.2) is 48.6 Å². The van der Waals surface area contributed by atoms with E-state index in [0.717, 1.165) is 12.8 Å². The topological polar surface area (TPSA) is 73.6 Å². The molecule has 126 valence electrons. The Bertz CT molecular complexity index is 689.